The summed E-state index contributed by atoms with van der Waals surface area (Å²) < 4.78 is 5.20. The first-order chi connectivity index (χ1) is 9.02. The highest BCUT2D eigenvalue weighted by molar-refractivity contribution is 7.80. The van der Waals surface area contributed by atoms with Crippen LogP contribution in [0.4, 0.5) is 0 Å². The second kappa shape index (κ2) is 5.19. The molecule has 0 spiro atoms. The van der Waals surface area contributed by atoms with Gasteiger partial charge in [0, 0.05) is 5.56 Å². The highest BCUT2D eigenvalue weighted by Crippen LogP contribution is 2.24. The summed E-state index contributed by atoms with van der Waals surface area (Å²) in [5.41, 5.74) is 7.81. The summed E-state index contributed by atoms with van der Waals surface area (Å²) in [5, 5.41) is 6.39. The molecule has 0 atom stereocenters. The summed E-state index contributed by atoms with van der Waals surface area (Å²) in [6, 6.07) is 7.21. The SMILES string of the molecule is COc1ccc(-c2cc(C(N)=S)c(=O)[nH]n2)cc1C. The zero-order chi connectivity index (χ0) is 14.0. The van der Waals surface area contributed by atoms with Gasteiger partial charge in [0.15, 0.2) is 0 Å². The van der Waals surface area contributed by atoms with Gasteiger partial charge in [0.1, 0.15) is 10.7 Å². The van der Waals surface area contributed by atoms with Gasteiger partial charge in [-0.25, -0.2) is 5.10 Å². The molecule has 2 rings (SSSR count). The summed E-state index contributed by atoms with van der Waals surface area (Å²) >= 11 is 4.83. The fourth-order valence-corrected chi connectivity index (χ4v) is 1.93. The quantitative estimate of drug-likeness (QED) is 0.827. The molecule has 0 aliphatic carbocycles. The molecule has 5 nitrogen and oxygen atoms in total. The first-order valence-corrected chi connectivity index (χ1v) is 5.98. The van der Waals surface area contributed by atoms with Crippen LogP contribution in [0.5, 0.6) is 5.75 Å². The van der Waals surface area contributed by atoms with Crippen LogP contribution in [0.25, 0.3) is 11.3 Å². The lowest BCUT2D eigenvalue weighted by molar-refractivity contribution is 0.412. The number of methoxy groups -OCH3 is 1. The number of thiocarbonyl (C=S) groups is 1. The maximum Gasteiger partial charge on any atom is 0.274 e. The number of benzene rings is 1. The Kier molecular flexibility index (Phi) is 3.62. The maximum absolute atomic E-state index is 11.5. The van der Waals surface area contributed by atoms with E-state index in [1.807, 2.05) is 25.1 Å². The average molecular weight is 275 g/mol. The number of hydrogen-bond acceptors (Lipinski definition) is 4. The van der Waals surface area contributed by atoms with E-state index in [0.29, 0.717) is 5.69 Å². The first-order valence-electron chi connectivity index (χ1n) is 5.57. The molecular weight excluding hydrogens is 262 g/mol. The normalized spacial score (nSPS) is 10.2. The number of H-pyrrole nitrogens is 1. The van der Waals surface area contributed by atoms with Gasteiger partial charge in [-0.1, -0.05) is 12.2 Å². The molecule has 0 unspecified atom stereocenters. The van der Waals surface area contributed by atoms with Gasteiger partial charge >= 0.3 is 0 Å². The molecule has 2 aromatic rings. The molecule has 6 heteroatoms. The molecule has 0 radical (unpaired) electrons. The summed E-state index contributed by atoms with van der Waals surface area (Å²) in [6.07, 6.45) is 0. The predicted octanol–water partition coefficient (Wildman–Crippen LogP) is 1.39. The third-order valence-electron chi connectivity index (χ3n) is 2.76. The maximum atomic E-state index is 11.5. The largest absolute Gasteiger partial charge is 0.496 e. The number of hydrogen-bond donors (Lipinski definition) is 2. The van der Waals surface area contributed by atoms with Crippen molar-refractivity contribution >= 4 is 17.2 Å². The standard InChI is InChI=1S/C13H13N3O2S/c1-7-5-8(3-4-11(7)18-2)10-6-9(12(14)19)13(17)16-15-10/h3-6H,1-2H3,(H2,14,19)(H,16,17). The molecule has 0 saturated carbocycles. The molecule has 0 amide bonds. The van der Waals surface area contributed by atoms with Gasteiger partial charge in [0.25, 0.3) is 5.56 Å². The summed E-state index contributed by atoms with van der Waals surface area (Å²) in [4.78, 5) is 11.6. The second-order valence-corrected chi connectivity index (χ2v) is 4.48. The molecule has 0 aliphatic heterocycles. The topological polar surface area (TPSA) is 81.0 Å². The Bertz CT molecular complexity index is 695. The van der Waals surface area contributed by atoms with Crippen LogP contribution in [0.3, 0.4) is 0 Å². The van der Waals surface area contributed by atoms with Gasteiger partial charge < -0.3 is 10.5 Å². The lowest BCUT2D eigenvalue weighted by Gasteiger charge is -2.07. The van der Waals surface area contributed by atoms with Crippen LogP contribution in [-0.2, 0) is 0 Å². The second-order valence-electron chi connectivity index (χ2n) is 4.04. The number of ether oxygens (including phenoxy) is 1. The van der Waals surface area contributed by atoms with Gasteiger partial charge in [-0.05, 0) is 36.8 Å². The van der Waals surface area contributed by atoms with Crippen LogP contribution in [0.15, 0.2) is 29.1 Å². The number of nitrogens with two attached hydrogens (primary N) is 1. The summed E-state index contributed by atoms with van der Waals surface area (Å²) in [5.74, 6) is 0.794. The Morgan fingerprint density at radius 2 is 2.16 bits per heavy atom. The van der Waals surface area contributed by atoms with E-state index in [-0.39, 0.29) is 16.1 Å². The molecule has 98 valence electrons. The van der Waals surface area contributed by atoms with Crippen molar-refractivity contribution in [1.29, 1.82) is 0 Å². The van der Waals surface area contributed by atoms with Gasteiger partial charge in [-0.2, -0.15) is 5.10 Å². The van der Waals surface area contributed by atoms with Gasteiger partial charge in [-0.3, -0.25) is 4.79 Å². The zero-order valence-corrected chi connectivity index (χ0v) is 11.4. The van der Waals surface area contributed by atoms with E-state index in [2.05, 4.69) is 10.2 Å². The van der Waals surface area contributed by atoms with Crippen LogP contribution < -0.4 is 16.0 Å². The Morgan fingerprint density at radius 3 is 2.74 bits per heavy atom. The minimum Gasteiger partial charge on any atom is -0.496 e. The molecule has 0 fully saturated rings. The Labute approximate surface area is 115 Å². The van der Waals surface area contributed by atoms with E-state index < -0.39 is 0 Å². The third kappa shape index (κ3) is 2.63. The van der Waals surface area contributed by atoms with Crippen molar-refractivity contribution in [3.8, 4) is 17.0 Å². The fourth-order valence-electron chi connectivity index (χ4n) is 1.77. The highest BCUT2D eigenvalue weighted by atomic mass is 32.1. The van der Waals surface area contributed by atoms with Crippen molar-refractivity contribution in [3.05, 3.63) is 45.7 Å². The van der Waals surface area contributed by atoms with E-state index in [4.69, 9.17) is 22.7 Å². The van der Waals surface area contributed by atoms with Crippen LogP contribution in [0.1, 0.15) is 11.1 Å². The van der Waals surface area contributed by atoms with Crippen LogP contribution in [-0.4, -0.2) is 22.3 Å². The number of rotatable bonds is 3. The van der Waals surface area contributed by atoms with E-state index in [9.17, 15) is 4.79 Å². The van der Waals surface area contributed by atoms with E-state index in [1.54, 1.807) is 13.2 Å². The van der Waals surface area contributed by atoms with Gasteiger partial charge in [-0.15, -0.1) is 0 Å². The van der Waals surface area contributed by atoms with Gasteiger partial charge in [0.05, 0.1) is 18.4 Å². The molecular formula is C13H13N3O2S. The molecule has 3 N–H and O–H groups in total. The van der Waals surface area contributed by atoms with Crippen molar-refractivity contribution in [1.82, 2.24) is 10.2 Å². The minimum absolute atomic E-state index is 0.0510. The number of nitrogens with one attached hydrogen (secondary N) is 1. The summed E-state index contributed by atoms with van der Waals surface area (Å²) in [6.45, 7) is 1.93. The van der Waals surface area contributed by atoms with Crippen molar-refractivity contribution < 1.29 is 4.74 Å². The molecule has 19 heavy (non-hydrogen) atoms. The zero-order valence-electron chi connectivity index (χ0n) is 10.6. The van der Waals surface area contributed by atoms with Crippen molar-refractivity contribution in [3.63, 3.8) is 0 Å². The van der Waals surface area contributed by atoms with E-state index in [0.717, 1.165) is 16.9 Å². The molecule has 0 saturated heterocycles. The highest BCUT2D eigenvalue weighted by Gasteiger charge is 2.08. The lowest BCUT2D eigenvalue weighted by Crippen LogP contribution is -2.23. The van der Waals surface area contributed by atoms with Gasteiger partial charge in [0.2, 0.25) is 0 Å². The number of aromatic nitrogens is 2. The predicted molar refractivity (Wildman–Crippen MR) is 77.5 cm³/mol. The monoisotopic (exact) mass is 275 g/mol. The molecule has 0 bridgehead atoms. The van der Waals surface area contributed by atoms with Crippen LogP contribution in [0.2, 0.25) is 0 Å². The average Bonchev–Trinajstić information content (AvgIpc) is 2.38. The minimum atomic E-state index is -0.388. The Hall–Kier alpha value is -2.21. The molecule has 0 aliphatic rings. The smallest absolute Gasteiger partial charge is 0.274 e. The number of aromatic amines is 1. The summed E-state index contributed by atoms with van der Waals surface area (Å²) in [7, 11) is 1.62. The Morgan fingerprint density at radius 1 is 1.42 bits per heavy atom. The first kappa shape index (κ1) is 13.2. The van der Waals surface area contributed by atoms with E-state index in [1.165, 1.54) is 0 Å². The van der Waals surface area contributed by atoms with Crippen molar-refractivity contribution in [2.45, 2.75) is 6.92 Å². The Balaban J connectivity index is 2.53. The van der Waals surface area contributed by atoms with Crippen molar-refractivity contribution in [2.24, 2.45) is 5.73 Å². The van der Waals surface area contributed by atoms with Crippen LogP contribution in [0, 0.1) is 6.92 Å². The van der Waals surface area contributed by atoms with E-state index >= 15 is 0 Å². The number of nitrogens with zero attached hydrogens (tertiary/aromatic N) is 1. The molecule has 1 aromatic heterocycles. The third-order valence-corrected chi connectivity index (χ3v) is 2.98. The molecule has 1 heterocycles. The molecule has 1 aromatic carbocycles. The lowest BCUT2D eigenvalue weighted by atomic mass is 10.1. The van der Waals surface area contributed by atoms with Crippen molar-refractivity contribution in [2.75, 3.05) is 7.11 Å². The number of aryl methyl sites for hydroxylation is 1. The fraction of sp³-hybridized carbons (Fsp3) is 0.154. The van der Waals surface area contributed by atoms with Crippen LogP contribution >= 0.6 is 12.2 Å².